The molecule has 1 aliphatic rings. The summed E-state index contributed by atoms with van der Waals surface area (Å²) in [4.78, 5) is 25.5. The minimum atomic E-state index is -4.61. The van der Waals surface area contributed by atoms with Gasteiger partial charge in [0, 0.05) is 30.4 Å². The molecule has 2 aromatic carbocycles. The number of amides is 2. The molecule has 8 heteroatoms. The molecule has 0 unspecified atom stereocenters. The number of alkyl halides is 3. The molecule has 2 aromatic rings. The van der Waals surface area contributed by atoms with Crippen LogP contribution in [0, 0.1) is 0 Å². The maximum Gasteiger partial charge on any atom is 0.417 e. The third-order valence-electron chi connectivity index (χ3n) is 4.15. The smallest absolute Gasteiger partial charge is 0.322 e. The summed E-state index contributed by atoms with van der Waals surface area (Å²) in [5, 5.41) is 2.01. The summed E-state index contributed by atoms with van der Waals surface area (Å²) in [7, 11) is 0. The monoisotopic (exact) mass is 382 g/mol. The normalized spacial score (nSPS) is 13.5. The van der Waals surface area contributed by atoms with E-state index in [2.05, 4.69) is 5.32 Å². The van der Waals surface area contributed by atoms with Crippen LogP contribution in [-0.4, -0.2) is 18.4 Å². The predicted molar refractivity (Wildman–Crippen MR) is 92.6 cm³/mol. The van der Waals surface area contributed by atoms with Crippen LogP contribution < -0.4 is 10.2 Å². The lowest BCUT2D eigenvalue weighted by Crippen LogP contribution is -2.25. The van der Waals surface area contributed by atoms with Crippen molar-refractivity contribution in [3.63, 3.8) is 0 Å². The van der Waals surface area contributed by atoms with Crippen LogP contribution in [0.3, 0.4) is 0 Å². The highest BCUT2D eigenvalue weighted by Crippen LogP contribution is 2.36. The van der Waals surface area contributed by atoms with Crippen molar-refractivity contribution in [3.8, 4) is 0 Å². The van der Waals surface area contributed by atoms with Crippen molar-refractivity contribution < 1.29 is 22.8 Å². The van der Waals surface area contributed by atoms with Gasteiger partial charge in [-0.3, -0.25) is 9.59 Å². The molecule has 3 rings (SSSR count). The fourth-order valence-electron chi connectivity index (χ4n) is 2.89. The number of hydrogen-bond acceptors (Lipinski definition) is 2. The van der Waals surface area contributed by atoms with Crippen LogP contribution in [0.15, 0.2) is 36.4 Å². The van der Waals surface area contributed by atoms with Crippen molar-refractivity contribution >= 4 is 34.8 Å². The summed E-state index contributed by atoms with van der Waals surface area (Å²) in [6, 6.07) is 8.05. The second-order valence-electron chi connectivity index (χ2n) is 5.91. The summed E-state index contributed by atoms with van der Waals surface area (Å²) in [6.45, 7) is 2.01. The van der Waals surface area contributed by atoms with Crippen molar-refractivity contribution in [1.82, 2.24) is 0 Å². The van der Waals surface area contributed by atoms with Crippen LogP contribution in [0.1, 0.15) is 28.4 Å². The van der Waals surface area contributed by atoms with E-state index in [9.17, 15) is 22.8 Å². The molecule has 0 atom stereocenters. The number of fused-ring (bicyclic) bond motifs is 1. The van der Waals surface area contributed by atoms with Crippen molar-refractivity contribution in [2.45, 2.75) is 19.5 Å². The van der Waals surface area contributed by atoms with E-state index in [0.29, 0.717) is 18.5 Å². The molecule has 136 valence electrons. The summed E-state index contributed by atoms with van der Waals surface area (Å²) in [5.74, 6) is -0.619. The van der Waals surface area contributed by atoms with Gasteiger partial charge in [0.2, 0.25) is 5.91 Å². The van der Waals surface area contributed by atoms with E-state index in [4.69, 9.17) is 11.6 Å². The highest BCUT2D eigenvalue weighted by molar-refractivity contribution is 6.31. The van der Waals surface area contributed by atoms with Gasteiger partial charge in [0.25, 0.3) is 5.91 Å². The zero-order chi connectivity index (χ0) is 19.1. The van der Waals surface area contributed by atoms with E-state index in [1.54, 1.807) is 17.0 Å². The first-order valence-electron chi connectivity index (χ1n) is 7.76. The molecule has 0 aliphatic carbocycles. The van der Waals surface area contributed by atoms with E-state index < -0.39 is 22.7 Å². The average molecular weight is 383 g/mol. The van der Waals surface area contributed by atoms with Gasteiger partial charge < -0.3 is 10.2 Å². The number of carbonyl (C=O) groups excluding carboxylic acids is 2. The number of benzene rings is 2. The summed E-state index contributed by atoms with van der Waals surface area (Å²) >= 11 is 5.57. The third-order valence-corrected chi connectivity index (χ3v) is 4.48. The van der Waals surface area contributed by atoms with Gasteiger partial charge >= 0.3 is 6.18 Å². The number of rotatable bonds is 2. The fourth-order valence-corrected chi connectivity index (χ4v) is 3.12. The van der Waals surface area contributed by atoms with Crippen molar-refractivity contribution in [3.05, 3.63) is 58.1 Å². The van der Waals surface area contributed by atoms with Gasteiger partial charge in [-0.05, 0) is 48.4 Å². The molecule has 1 N–H and O–H groups in total. The van der Waals surface area contributed by atoms with Crippen LogP contribution in [-0.2, 0) is 17.4 Å². The largest absolute Gasteiger partial charge is 0.417 e. The van der Waals surface area contributed by atoms with Gasteiger partial charge in [-0.25, -0.2) is 0 Å². The minimum Gasteiger partial charge on any atom is -0.322 e. The Labute approximate surface area is 152 Å². The molecule has 0 fully saturated rings. The fraction of sp³-hybridized carbons (Fsp3) is 0.222. The molecule has 26 heavy (non-hydrogen) atoms. The van der Waals surface area contributed by atoms with Gasteiger partial charge in [-0.1, -0.05) is 11.6 Å². The van der Waals surface area contributed by atoms with Crippen LogP contribution >= 0.6 is 11.6 Å². The lowest BCUT2D eigenvalue weighted by atomic mass is 10.1. The summed E-state index contributed by atoms with van der Waals surface area (Å²) < 4.78 is 38.7. The molecule has 1 aliphatic heterocycles. The summed E-state index contributed by atoms with van der Waals surface area (Å²) in [6.07, 6.45) is -3.99. The Kier molecular flexibility index (Phi) is 4.66. The quantitative estimate of drug-likeness (QED) is 0.830. The van der Waals surface area contributed by atoms with Crippen molar-refractivity contribution in [1.29, 1.82) is 0 Å². The van der Waals surface area contributed by atoms with Gasteiger partial charge in [-0.2, -0.15) is 13.2 Å². The van der Waals surface area contributed by atoms with Gasteiger partial charge in [0.05, 0.1) is 10.6 Å². The van der Waals surface area contributed by atoms with Crippen LogP contribution in [0.5, 0.6) is 0 Å². The van der Waals surface area contributed by atoms with E-state index in [0.717, 1.165) is 23.4 Å². The Bertz CT molecular complexity index is 896. The molecule has 0 radical (unpaired) electrons. The van der Waals surface area contributed by atoms with E-state index in [1.807, 2.05) is 0 Å². The lowest BCUT2D eigenvalue weighted by Gasteiger charge is -2.15. The highest BCUT2D eigenvalue weighted by Gasteiger charge is 2.33. The zero-order valence-corrected chi connectivity index (χ0v) is 14.4. The first-order chi connectivity index (χ1) is 12.2. The number of anilines is 2. The molecule has 0 spiro atoms. The molecule has 0 bridgehead atoms. The predicted octanol–water partition coefficient (Wildman–Crippen LogP) is 4.52. The average Bonchev–Trinajstić information content (AvgIpc) is 2.98. The molecule has 0 aromatic heterocycles. The van der Waals surface area contributed by atoms with E-state index in [-0.39, 0.29) is 11.6 Å². The minimum absolute atomic E-state index is 0.00224. The number of halogens is 4. The zero-order valence-electron chi connectivity index (χ0n) is 13.7. The first-order valence-corrected chi connectivity index (χ1v) is 8.14. The van der Waals surface area contributed by atoms with Crippen molar-refractivity contribution in [2.24, 2.45) is 0 Å². The second-order valence-corrected chi connectivity index (χ2v) is 6.32. The maximum atomic E-state index is 12.9. The van der Waals surface area contributed by atoms with Crippen LogP contribution in [0.25, 0.3) is 0 Å². The Morgan fingerprint density at radius 2 is 1.88 bits per heavy atom. The molecule has 0 saturated carbocycles. The molecule has 2 amide bonds. The maximum absolute atomic E-state index is 12.9. The van der Waals surface area contributed by atoms with E-state index in [1.165, 1.54) is 19.1 Å². The first kappa shape index (κ1) is 18.3. The van der Waals surface area contributed by atoms with Crippen LogP contribution in [0.4, 0.5) is 24.5 Å². The topological polar surface area (TPSA) is 49.4 Å². The van der Waals surface area contributed by atoms with Gasteiger partial charge in [0.15, 0.2) is 0 Å². The summed E-state index contributed by atoms with van der Waals surface area (Å²) in [5.41, 5.74) is 0.887. The lowest BCUT2D eigenvalue weighted by molar-refractivity contribution is -0.137. The number of carbonyl (C=O) groups is 2. The Hall–Kier alpha value is -2.54. The Morgan fingerprint density at radius 1 is 1.15 bits per heavy atom. The molecule has 0 saturated heterocycles. The number of nitrogens with one attached hydrogen (secondary N) is 1. The molecule has 1 heterocycles. The highest BCUT2D eigenvalue weighted by atomic mass is 35.5. The number of nitrogens with zero attached hydrogens (tertiary/aromatic N) is 1. The van der Waals surface area contributed by atoms with Gasteiger partial charge in [-0.15, -0.1) is 0 Å². The van der Waals surface area contributed by atoms with Gasteiger partial charge in [0.1, 0.15) is 0 Å². The SMILES string of the molecule is CC(=O)N1CCc2cc(C(=O)Nc3ccc(Cl)c(C(F)(F)F)c3)ccc21. The Morgan fingerprint density at radius 3 is 2.54 bits per heavy atom. The molecular formula is C18H14ClF3N2O2. The second kappa shape index (κ2) is 6.64. The number of hydrogen-bond donors (Lipinski definition) is 1. The molecule has 4 nitrogen and oxygen atoms in total. The Balaban J connectivity index is 1.83. The van der Waals surface area contributed by atoms with Crippen molar-refractivity contribution in [2.75, 3.05) is 16.8 Å². The van der Waals surface area contributed by atoms with E-state index >= 15 is 0 Å². The standard InChI is InChI=1S/C18H14ClF3N2O2/c1-10(25)24-7-6-11-8-12(2-5-16(11)24)17(26)23-13-3-4-15(19)14(9-13)18(20,21)22/h2-5,8-9H,6-7H2,1H3,(H,23,26). The van der Waals surface area contributed by atoms with Crippen LogP contribution in [0.2, 0.25) is 5.02 Å². The molecular weight excluding hydrogens is 369 g/mol. The third kappa shape index (κ3) is 3.53.